The molecule has 1 aromatic heterocycles. The van der Waals surface area contributed by atoms with E-state index in [9.17, 15) is 4.79 Å². The first-order valence-electron chi connectivity index (χ1n) is 4.35. The van der Waals surface area contributed by atoms with Crippen LogP contribution in [-0.4, -0.2) is 32.5 Å². The van der Waals surface area contributed by atoms with Crippen LogP contribution in [0, 0.1) is 6.07 Å². The topological polar surface area (TPSA) is 90.4 Å². The summed E-state index contributed by atoms with van der Waals surface area (Å²) in [5.41, 5.74) is 4.57. The number of nitrogens with zero attached hydrogens (tertiary/aromatic N) is 2. The first-order chi connectivity index (χ1) is 7.20. The Kier molecular flexibility index (Phi) is 5.39. The molecule has 85 valence electrons. The van der Waals surface area contributed by atoms with Gasteiger partial charge in [0.2, 0.25) is 0 Å². The fourth-order valence-electron chi connectivity index (χ4n) is 1.28. The van der Waals surface area contributed by atoms with Gasteiger partial charge in [0.05, 0.1) is 6.61 Å². The van der Waals surface area contributed by atoms with Crippen molar-refractivity contribution in [1.82, 2.24) is 9.55 Å². The van der Waals surface area contributed by atoms with Gasteiger partial charge in [-0.3, -0.25) is 0 Å². The fourth-order valence-corrected chi connectivity index (χ4v) is 2.21. The van der Waals surface area contributed by atoms with E-state index in [2.05, 4.69) is 11.1 Å². The second-order valence-corrected chi connectivity index (χ2v) is 4.19. The minimum atomic E-state index is -0.463. The molecule has 1 radical (unpaired) electrons. The Bertz CT molecular complexity index is 414. The van der Waals surface area contributed by atoms with Crippen LogP contribution in [0.2, 0.25) is 0 Å². The first kappa shape index (κ1) is 14.1. The number of aromatic nitrogens is 2. The first-order valence-corrected chi connectivity index (χ1v) is 5.40. The van der Waals surface area contributed by atoms with Gasteiger partial charge in [0.15, 0.2) is 0 Å². The smallest absolute Gasteiger partial charge is 0.346 e. The normalized spacial score (nSPS) is 24.1. The van der Waals surface area contributed by atoms with Crippen LogP contribution in [0.25, 0.3) is 0 Å². The number of aliphatic hydroxyl groups excluding tert-OH is 1. The van der Waals surface area contributed by atoms with E-state index in [0.29, 0.717) is 5.75 Å². The van der Waals surface area contributed by atoms with Crippen LogP contribution < -0.4 is 11.4 Å². The minimum absolute atomic E-state index is 0. The summed E-state index contributed by atoms with van der Waals surface area (Å²) in [4.78, 5) is 15.0. The predicted molar refractivity (Wildman–Crippen MR) is 55.2 cm³/mol. The Morgan fingerprint density at radius 2 is 2.56 bits per heavy atom. The molecule has 1 aliphatic heterocycles. The third kappa shape index (κ3) is 3.04. The average Bonchev–Trinajstić information content (AvgIpc) is 2.66. The molecule has 0 spiro atoms. The average molecular weight is 317 g/mol. The van der Waals surface area contributed by atoms with Gasteiger partial charge in [0.1, 0.15) is 11.7 Å². The molecule has 2 heterocycles. The van der Waals surface area contributed by atoms with Gasteiger partial charge in [-0.25, -0.2) is 9.78 Å². The molecule has 0 amide bonds. The zero-order valence-corrected chi connectivity index (χ0v) is 12.0. The molecule has 2 rings (SSSR count). The molecule has 0 aromatic carbocycles. The van der Waals surface area contributed by atoms with E-state index in [1.54, 1.807) is 0 Å². The Morgan fingerprint density at radius 1 is 1.81 bits per heavy atom. The number of thioether (sulfide) groups is 1. The summed E-state index contributed by atoms with van der Waals surface area (Å²) in [6.07, 6.45) is 1.03. The Labute approximate surface area is 121 Å². The van der Waals surface area contributed by atoms with E-state index in [0.717, 1.165) is 0 Å². The number of ether oxygens (including phenoxy) is 1. The van der Waals surface area contributed by atoms with Crippen molar-refractivity contribution in [3.63, 3.8) is 0 Å². The Hall–Kier alpha value is 0.0539. The van der Waals surface area contributed by atoms with Gasteiger partial charge >= 0.3 is 5.69 Å². The number of hydrogen-bond acceptors (Lipinski definition) is 6. The van der Waals surface area contributed by atoms with E-state index in [-0.39, 0.29) is 50.6 Å². The van der Waals surface area contributed by atoms with Crippen molar-refractivity contribution in [3.8, 4) is 0 Å². The molecule has 16 heavy (non-hydrogen) atoms. The quantitative estimate of drug-likeness (QED) is 0.695. The molecule has 1 fully saturated rings. The standard InChI is InChI=1S/C8H10N3O3S.Y/c9-5-1-2-11(8(13)10-5)6-4-15-7(3-12)14-6;/h2,6-7,12H,3-4H2,(H2,9,10,13);/q-1;. The van der Waals surface area contributed by atoms with Gasteiger partial charge < -0.3 is 26.2 Å². The molecule has 1 saturated heterocycles. The molecular formula is C8H10N3O3SY-. The van der Waals surface area contributed by atoms with Crippen molar-refractivity contribution >= 4 is 17.6 Å². The molecule has 2 unspecified atom stereocenters. The SMILES string of the molecule is Nc1[c-]cn(C2CSC(CO)O2)c(=O)n1.[Y]. The van der Waals surface area contributed by atoms with Crippen LogP contribution in [0.1, 0.15) is 6.23 Å². The molecule has 0 bridgehead atoms. The predicted octanol–water partition coefficient (Wildman–Crippen LogP) is -0.796. The number of anilines is 1. The molecule has 1 aromatic rings. The number of hydrogen-bond donors (Lipinski definition) is 2. The van der Waals surface area contributed by atoms with Gasteiger partial charge in [0, 0.05) is 38.5 Å². The largest absolute Gasteiger partial charge is 0.413 e. The van der Waals surface area contributed by atoms with Crippen molar-refractivity contribution in [3.05, 3.63) is 22.7 Å². The maximum Gasteiger partial charge on any atom is 0.346 e. The van der Waals surface area contributed by atoms with Crippen LogP contribution in [0.4, 0.5) is 5.82 Å². The van der Waals surface area contributed by atoms with Gasteiger partial charge in [-0.15, -0.1) is 11.8 Å². The van der Waals surface area contributed by atoms with Crippen molar-refractivity contribution in [1.29, 1.82) is 0 Å². The Morgan fingerprint density at radius 3 is 3.12 bits per heavy atom. The summed E-state index contributed by atoms with van der Waals surface area (Å²) in [6, 6.07) is 2.63. The number of aliphatic hydroxyl groups is 1. The summed E-state index contributed by atoms with van der Waals surface area (Å²) in [5, 5.41) is 8.87. The third-order valence-corrected chi connectivity index (χ3v) is 3.09. The summed E-state index contributed by atoms with van der Waals surface area (Å²) >= 11 is 1.45. The van der Waals surface area contributed by atoms with Gasteiger partial charge in [-0.1, -0.05) is 5.82 Å². The fraction of sp³-hybridized carbons (Fsp3) is 0.500. The van der Waals surface area contributed by atoms with Crippen molar-refractivity contribution in [2.45, 2.75) is 11.7 Å². The van der Waals surface area contributed by atoms with Crippen LogP contribution in [0.5, 0.6) is 0 Å². The number of rotatable bonds is 2. The second kappa shape index (κ2) is 6.11. The summed E-state index contributed by atoms with van der Waals surface area (Å²) in [6.45, 7) is -0.0674. The van der Waals surface area contributed by atoms with Crippen LogP contribution >= 0.6 is 11.8 Å². The van der Waals surface area contributed by atoms with Crippen LogP contribution in [0.15, 0.2) is 11.0 Å². The van der Waals surface area contributed by atoms with E-state index < -0.39 is 11.9 Å². The molecule has 2 atom stereocenters. The second-order valence-electron chi connectivity index (χ2n) is 3.00. The summed E-state index contributed by atoms with van der Waals surface area (Å²) < 4.78 is 6.71. The van der Waals surface area contributed by atoms with E-state index in [1.807, 2.05) is 0 Å². The molecule has 1 aliphatic rings. The molecule has 0 aliphatic carbocycles. The zero-order valence-electron chi connectivity index (χ0n) is 8.37. The van der Waals surface area contributed by atoms with Crippen molar-refractivity contribution < 1.29 is 42.6 Å². The molecule has 0 saturated carbocycles. The zero-order chi connectivity index (χ0) is 10.8. The third-order valence-electron chi connectivity index (χ3n) is 1.98. The molecular weight excluding hydrogens is 307 g/mol. The van der Waals surface area contributed by atoms with Crippen LogP contribution in [0.3, 0.4) is 0 Å². The Balaban J connectivity index is 0.00000128. The van der Waals surface area contributed by atoms with Crippen LogP contribution in [-0.2, 0) is 37.4 Å². The summed E-state index contributed by atoms with van der Waals surface area (Å²) in [7, 11) is 0. The van der Waals surface area contributed by atoms with E-state index in [4.69, 9.17) is 15.6 Å². The minimum Gasteiger partial charge on any atom is -0.413 e. The van der Waals surface area contributed by atoms with Gasteiger partial charge in [-0.05, 0) is 0 Å². The van der Waals surface area contributed by atoms with E-state index >= 15 is 0 Å². The number of nitrogen functional groups attached to an aromatic ring is 1. The molecule has 6 nitrogen and oxygen atoms in total. The maximum atomic E-state index is 11.4. The maximum absolute atomic E-state index is 11.4. The van der Waals surface area contributed by atoms with Gasteiger partial charge in [-0.2, -0.15) is 6.20 Å². The number of nitrogens with two attached hydrogens (primary N) is 1. The van der Waals surface area contributed by atoms with E-state index in [1.165, 1.54) is 22.5 Å². The summed E-state index contributed by atoms with van der Waals surface area (Å²) in [5.74, 6) is 0.672. The van der Waals surface area contributed by atoms with Crippen molar-refractivity contribution in [2.24, 2.45) is 0 Å². The van der Waals surface area contributed by atoms with Crippen molar-refractivity contribution in [2.75, 3.05) is 18.1 Å². The van der Waals surface area contributed by atoms with Gasteiger partial charge in [0.25, 0.3) is 0 Å². The molecule has 8 heteroatoms. The monoisotopic (exact) mass is 317 g/mol. The molecule has 3 N–H and O–H groups in total.